The minimum absolute atomic E-state index is 0. The second kappa shape index (κ2) is 32.7. The summed E-state index contributed by atoms with van der Waals surface area (Å²) < 4.78 is 79.8. The predicted octanol–water partition coefficient (Wildman–Crippen LogP) is 7.00. The molecule has 2 heterocycles. The van der Waals surface area contributed by atoms with Gasteiger partial charge in [-0.3, -0.25) is 0 Å². The Labute approximate surface area is 479 Å². The van der Waals surface area contributed by atoms with E-state index in [1.165, 1.54) is 0 Å². The summed E-state index contributed by atoms with van der Waals surface area (Å²) in [5, 5.41) is 13.2. The van der Waals surface area contributed by atoms with Crippen molar-refractivity contribution in [3.8, 4) is 0 Å². The van der Waals surface area contributed by atoms with Gasteiger partial charge in [-0.05, 0) is 109 Å². The highest BCUT2D eigenvalue weighted by Crippen LogP contribution is 2.40. The lowest BCUT2D eigenvalue weighted by Crippen LogP contribution is -2.39. The standard InChI is InChI=1S/C50H66Cl4N8O10S2.2ClH/c1-61-31-43(41-27-37(51)29-47(53)45(41)33-61)35-7-5-9-39(25-35)73(65,66)59-15-19-71-23-21-69-17-13-57-49(63)55-11-3-4-12-56-50(64)58-14-18-70-22-24-72-20-16-60-74(67,68)40-10-6-8-36(26-40)44-32-62(2)34-46-42(44)28-38(52)30-48(46)54;;/h5-10,25-30,43-44,59-60H,3-4,11-24,31-34H2,1-2H3,(H2,55,57,63)(H2,56,58,64);2*1H/t43-,44-;;/m1../s1. The number of nitrogens with one attached hydrogen (secondary N) is 6. The van der Waals surface area contributed by atoms with Gasteiger partial charge in [0.15, 0.2) is 0 Å². The van der Waals surface area contributed by atoms with Crippen LogP contribution in [0.5, 0.6) is 0 Å². The lowest BCUT2D eigenvalue weighted by Gasteiger charge is -2.33. The van der Waals surface area contributed by atoms with E-state index in [0.29, 0.717) is 72.2 Å². The molecule has 0 unspecified atom stereocenters. The van der Waals surface area contributed by atoms with Crippen LogP contribution in [0.1, 0.15) is 58.1 Å². The fourth-order valence-corrected chi connectivity index (χ4v) is 11.9. The number of amides is 4. The van der Waals surface area contributed by atoms with E-state index in [1.54, 1.807) is 48.5 Å². The monoisotopic (exact) mass is 1210 g/mol. The van der Waals surface area contributed by atoms with Gasteiger partial charge in [-0.2, -0.15) is 0 Å². The van der Waals surface area contributed by atoms with Crippen molar-refractivity contribution in [1.29, 1.82) is 0 Å². The first-order chi connectivity index (χ1) is 35.5. The number of nitrogens with zero attached hydrogens (tertiary/aromatic N) is 2. The Bertz CT molecular complexity index is 2550. The number of unbranched alkanes of at least 4 members (excludes halogenated alkanes) is 1. The molecule has 0 saturated carbocycles. The van der Waals surface area contributed by atoms with Crippen molar-refractivity contribution < 1.29 is 45.4 Å². The van der Waals surface area contributed by atoms with Gasteiger partial charge < -0.3 is 50.0 Å². The van der Waals surface area contributed by atoms with Gasteiger partial charge in [0.05, 0.1) is 62.6 Å². The van der Waals surface area contributed by atoms with Crippen LogP contribution in [0.4, 0.5) is 9.59 Å². The lowest BCUT2D eigenvalue weighted by atomic mass is 9.85. The first-order valence-electron chi connectivity index (χ1n) is 24.4. The maximum Gasteiger partial charge on any atom is 0.314 e. The summed E-state index contributed by atoms with van der Waals surface area (Å²) in [6.45, 7) is 6.19. The summed E-state index contributed by atoms with van der Waals surface area (Å²) in [4.78, 5) is 28.8. The highest BCUT2D eigenvalue weighted by molar-refractivity contribution is 7.89. The fourth-order valence-electron chi connectivity index (χ4n) is 8.62. The van der Waals surface area contributed by atoms with Crippen molar-refractivity contribution >= 4 is 103 Å². The molecule has 4 amide bonds. The van der Waals surface area contributed by atoms with Crippen LogP contribution in [-0.2, 0) is 52.1 Å². The Morgan fingerprint density at radius 1 is 0.513 bits per heavy atom. The average Bonchev–Trinajstić information content (AvgIpc) is 3.36. The summed E-state index contributed by atoms with van der Waals surface area (Å²) in [6, 6.07) is 20.4. The minimum atomic E-state index is -3.79. The van der Waals surface area contributed by atoms with Crippen LogP contribution in [0, 0.1) is 0 Å². The average molecular weight is 1220 g/mol. The van der Waals surface area contributed by atoms with Crippen LogP contribution in [0.15, 0.2) is 82.6 Å². The number of benzene rings is 4. The molecule has 0 aliphatic carbocycles. The molecule has 4 aromatic rings. The quantitative estimate of drug-likeness (QED) is 0.0303. The highest BCUT2D eigenvalue weighted by atomic mass is 35.5. The van der Waals surface area contributed by atoms with Crippen molar-refractivity contribution in [2.75, 3.05) is 119 Å². The molecule has 4 aromatic carbocycles. The molecule has 2 aliphatic heterocycles. The predicted molar refractivity (Wildman–Crippen MR) is 302 cm³/mol. The number of hydrogen-bond acceptors (Lipinski definition) is 12. The van der Waals surface area contributed by atoms with E-state index in [2.05, 4.69) is 40.5 Å². The topological polar surface area (TPSA) is 218 Å². The molecular formula is C50H68Cl6N8O10S2. The number of ether oxygens (including phenoxy) is 4. The van der Waals surface area contributed by atoms with Crippen molar-refractivity contribution in [2.24, 2.45) is 0 Å². The largest absolute Gasteiger partial charge is 0.378 e. The first-order valence-corrected chi connectivity index (χ1v) is 28.8. The number of hydrogen-bond donors (Lipinski definition) is 6. The van der Waals surface area contributed by atoms with Crippen LogP contribution in [0.25, 0.3) is 0 Å². The summed E-state index contributed by atoms with van der Waals surface area (Å²) >= 11 is 25.7. The second-order valence-corrected chi connectivity index (χ2v) is 23.1. The zero-order valence-corrected chi connectivity index (χ0v) is 48.6. The van der Waals surface area contributed by atoms with Gasteiger partial charge >= 0.3 is 12.1 Å². The van der Waals surface area contributed by atoms with Gasteiger partial charge in [0.25, 0.3) is 0 Å². The molecule has 422 valence electrons. The number of carbonyl (C=O) groups excluding carboxylic acids is 2. The molecule has 6 rings (SSSR count). The van der Waals surface area contributed by atoms with Gasteiger partial charge in [0.2, 0.25) is 20.0 Å². The molecule has 2 atom stereocenters. The van der Waals surface area contributed by atoms with E-state index in [4.69, 9.17) is 65.4 Å². The third-order valence-corrected chi connectivity index (χ3v) is 16.2. The number of halogens is 6. The lowest BCUT2D eigenvalue weighted by molar-refractivity contribution is 0.0516. The van der Waals surface area contributed by atoms with E-state index in [9.17, 15) is 26.4 Å². The molecule has 26 heteroatoms. The Morgan fingerprint density at radius 3 is 1.25 bits per heavy atom. The number of urea groups is 2. The van der Waals surface area contributed by atoms with E-state index < -0.39 is 20.0 Å². The van der Waals surface area contributed by atoms with Crippen molar-refractivity contribution in [2.45, 2.75) is 47.6 Å². The molecule has 0 bridgehead atoms. The van der Waals surface area contributed by atoms with Crippen LogP contribution in [0.3, 0.4) is 0 Å². The fraction of sp³-hybridized carbons (Fsp3) is 0.480. The second-order valence-electron chi connectivity index (χ2n) is 17.9. The first kappa shape index (κ1) is 65.3. The maximum absolute atomic E-state index is 13.1. The normalized spacial score (nSPS) is 15.7. The molecule has 0 aromatic heterocycles. The molecule has 0 saturated heterocycles. The molecule has 0 fully saturated rings. The number of fused-ring (bicyclic) bond motifs is 2. The van der Waals surface area contributed by atoms with Crippen LogP contribution < -0.4 is 30.7 Å². The Kier molecular flexibility index (Phi) is 28.1. The zero-order valence-electron chi connectivity index (χ0n) is 42.3. The minimum Gasteiger partial charge on any atom is -0.378 e. The molecule has 0 spiro atoms. The third-order valence-electron chi connectivity index (χ3n) is 12.2. The summed E-state index contributed by atoms with van der Waals surface area (Å²) in [5.74, 6) is -0.190. The smallest absolute Gasteiger partial charge is 0.314 e. The number of carbonyl (C=O) groups is 2. The maximum atomic E-state index is 13.1. The number of sulfonamides is 2. The van der Waals surface area contributed by atoms with Crippen molar-refractivity contribution in [3.05, 3.63) is 126 Å². The summed E-state index contributed by atoms with van der Waals surface area (Å²) in [6.07, 6.45) is 1.31. The SMILES string of the molecule is CN1Cc2c(Cl)cc(Cl)cc2[C@@H](c2cccc(S(=O)(=O)NCCOCCOCCNC(=O)NCCCCNC(=O)NCCOCCOCCNS(=O)(=O)c3cccc([C@H]4CN(C)Cc5c(Cl)cc(Cl)cc54)c3)c2)C1.Cl.Cl. The summed E-state index contributed by atoms with van der Waals surface area (Å²) in [7, 11) is -3.59. The van der Waals surface area contributed by atoms with E-state index in [1.807, 2.05) is 38.4 Å². The molecule has 0 radical (unpaired) electrons. The van der Waals surface area contributed by atoms with Gasteiger partial charge in [-0.1, -0.05) is 70.7 Å². The van der Waals surface area contributed by atoms with Crippen LogP contribution in [-0.4, -0.2) is 158 Å². The number of rotatable bonds is 29. The Hall–Kier alpha value is -3.26. The van der Waals surface area contributed by atoms with E-state index >= 15 is 0 Å². The third kappa shape index (κ3) is 20.4. The van der Waals surface area contributed by atoms with Crippen LogP contribution in [0.2, 0.25) is 20.1 Å². The van der Waals surface area contributed by atoms with E-state index in [-0.39, 0.29) is 138 Å². The molecule has 76 heavy (non-hydrogen) atoms. The number of likely N-dealkylation sites (N-methyl/N-ethyl adjacent to an activating group) is 2. The van der Waals surface area contributed by atoms with Gasteiger partial charge in [-0.25, -0.2) is 35.9 Å². The van der Waals surface area contributed by atoms with Crippen molar-refractivity contribution in [3.63, 3.8) is 0 Å². The van der Waals surface area contributed by atoms with Gasteiger partial charge in [0, 0.05) is 97.4 Å². The molecule has 2 aliphatic rings. The highest BCUT2D eigenvalue weighted by Gasteiger charge is 2.30. The summed E-state index contributed by atoms with van der Waals surface area (Å²) in [5.41, 5.74) is 5.67. The van der Waals surface area contributed by atoms with Gasteiger partial charge in [0.1, 0.15) is 0 Å². The van der Waals surface area contributed by atoms with Gasteiger partial charge in [-0.15, -0.1) is 24.8 Å². The molecular weight excluding hydrogens is 1150 g/mol. The molecule has 18 nitrogen and oxygen atoms in total. The van der Waals surface area contributed by atoms with Crippen molar-refractivity contribution in [1.82, 2.24) is 40.5 Å². The van der Waals surface area contributed by atoms with E-state index in [0.717, 1.165) is 33.4 Å². The Balaban J connectivity index is 0.00000624. The molecule has 6 N–H and O–H groups in total. The zero-order chi connectivity index (χ0) is 53.1. The Morgan fingerprint density at radius 2 is 0.868 bits per heavy atom. The van der Waals surface area contributed by atoms with Crippen LogP contribution >= 0.6 is 71.2 Å².